The van der Waals surface area contributed by atoms with E-state index >= 15 is 0 Å². The molecule has 1 unspecified atom stereocenters. The van der Waals surface area contributed by atoms with Crippen LogP contribution in [0, 0.1) is 5.82 Å². The Labute approximate surface area is 215 Å². The van der Waals surface area contributed by atoms with Crippen LogP contribution in [0.3, 0.4) is 0 Å². The van der Waals surface area contributed by atoms with Gasteiger partial charge in [0.15, 0.2) is 5.78 Å². The van der Waals surface area contributed by atoms with Gasteiger partial charge < -0.3 is 4.42 Å². The Kier molecular flexibility index (Phi) is 6.78. The van der Waals surface area contributed by atoms with E-state index in [0.29, 0.717) is 35.2 Å². The number of hydrogen-bond acceptors (Lipinski definition) is 6. The lowest BCUT2D eigenvalue weighted by Crippen LogP contribution is -2.40. The van der Waals surface area contributed by atoms with E-state index in [-0.39, 0.29) is 35.8 Å². The van der Waals surface area contributed by atoms with Crippen molar-refractivity contribution in [3.8, 4) is 11.3 Å². The zero-order valence-electron chi connectivity index (χ0n) is 19.8. The second kappa shape index (κ2) is 9.91. The Hall–Kier alpha value is -3.64. The molecule has 0 aliphatic carbocycles. The van der Waals surface area contributed by atoms with Gasteiger partial charge in [0, 0.05) is 41.9 Å². The molecule has 5 rings (SSSR count). The number of furan rings is 1. The van der Waals surface area contributed by atoms with Gasteiger partial charge in [-0.3, -0.25) is 14.8 Å². The van der Waals surface area contributed by atoms with Crippen molar-refractivity contribution < 1.29 is 35.2 Å². The van der Waals surface area contributed by atoms with Gasteiger partial charge in [0.05, 0.1) is 11.7 Å². The highest BCUT2D eigenvalue weighted by Gasteiger charge is 2.40. The summed E-state index contributed by atoms with van der Waals surface area (Å²) in [5.74, 6) is -0.805. The molecule has 4 aromatic rings. The Morgan fingerprint density at radius 1 is 1.11 bits per heavy atom. The zero-order chi connectivity index (χ0) is 27.1. The van der Waals surface area contributed by atoms with Gasteiger partial charge in [-0.15, -0.1) is 0 Å². The van der Waals surface area contributed by atoms with Gasteiger partial charge in [0.2, 0.25) is 5.09 Å². The van der Waals surface area contributed by atoms with Crippen molar-refractivity contribution in [1.82, 2.24) is 14.3 Å². The number of hydrogen-bond donors (Lipinski definition) is 0. The molecule has 1 atom stereocenters. The molecule has 0 N–H and O–H groups in total. The average molecular weight is 548 g/mol. The van der Waals surface area contributed by atoms with E-state index in [1.54, 1.807) is 18.2 Å². The molecule has 4 heterocycles. The number of ketones is 1. The van der Waals surface area contributed by atoms with Crippen molar-refractivity contribution in [2.45, 2.75) is 43.0 Å². The van der Waals surface area contributed by atoms with Crippen LogP contribution in [0.1, 0.15) is 30.7 Å². The van der Waals surface area contributed by atoms with Crippen molar-refractivity contribution >= 4 is 26.8 Å². The summed E-state index contributed by atoms with van der Waals surface area (Å²) in [5, 5.41) is -0.0443. The summed E-state index contributed by atoms with van der Waals surface area (Å²) in [5.41, 5.74) is 0.546. The third-order valence-electron chi connectivity index (χ3n) is 6.38. The third-order valence-corrected chi connectivity index (χ3v) is 8.14. The highest BCUT2D eigenvalue weighted by molar-refractivity contribution is 7.89. The van der Waals surface area contributed by atoms with E-state index in [4.69, 9.17) is 4.42 Å². The van der Waals surface area contributed by atoms with E-state index in [1.807, 2.05) is 0 Å². The number of sulfonamides is 1. The smallest absolute Gasteiger partial charge is 0.433 e. The number of carbonyl (C=O) groups is 1. The van der Waals surface area contributed by atoms with Crippen LogP contribution < -0.4 is 0 Å². The molecule has 0 amide bonds. The van der Waals surface area contributed by atoms with Crippen LogP contribution in [-0.4, -0.2) is 41.1 Å². The van der Waals surface area contributed by atoms with Crippen LogP contribution in [0.5, 0.6) is 0 Å². The Morgan fingerprint density at radius 2 is 1.92 bits per heavy atom. The number of rotatable bonds is 7. The molecule has 1 fully saturated rings. The summed E-state index contributed by atoms with van der Waals surface area (Å²) >= 11 is 0. The van der Waals surface area contributed by atoms with Gasteiger partial charge >= 0.3 is 6.18 Å². The minimum absolute atomic E-state index is 0.0176. The molecule has 3 aromatic heterocycles. The molecule has 7 nitrogen and oxygen atoms in total. The van der Waals surface area contributed by atoms with Gasteiger partial charge in [0.1, 0.15) is 17.1 Å². The Balaban J connectivity index is 1.28. The van der Waals surface area contributed by atoms with Gasteiger partial charge in [0.25, 0.3) is 10.0 Å². The number of Topliss-reactive ketones (excluding diaryl/α,β-unsaturated/α-hetero) is 1. The number of nitrogens with zero attached hydrogens (tertiary/aromatic N) is 3. The van der Waals surface area contributed by atoms with E-state index in [2.05, 4.69) is 9.97 Å². The van der Waals surface area contributed by atoms with Gasteiger partial charge in [-0.25, -0.2) is 12.8 Å². The predicted octanol–water partition coefficient (Wildman–Crippen LogP) is 5.40. The van der Waals surface area contributed by atoms with Gasteiger partial charge in [-0.2, -0.15) is 17.5 Å². The van der Waals surface area contributed by atoms with E-state index in [9.17, 15) is 30.8 Å². The Morgan fingerprint density at radius 3 is 2.66 bits per heavy atom. The van der Waals surface area contributed by atoms with E-state index in [0.717, 1.165) is 16.6 Å². The highest BCUT2D eigenvalue weighted by atomic mass is 32.2. The topological polar surface area (TPSA) is 93.4 Å². The number of pyridine rings is 2. The number of carbonyl (C=O) groups excluding carboxylic acids is 1. The third kappa shape index (κ3) is 5.18. The van der Waals surface area contributed by atoms with Crippen LogP contribution in [0.2, 0.25) is 0 Å². The molecule has 0 spiro atoms. The van der Waals surface area contributed by atoms with Crippen LogP contribution in [-0.2, 0) is 27.4 Å². The summed E-state index contributed by atoms with van der Waals surface area (Å²) in [6.07, 6.45) is -2.36. The second-order valence-electron chi connectivity index (χ2n) is 8.93. The minimum Gasteiger partial charge on any atom is -0.443 e. The number of halogens is 4. The van der Waals surface area contributed by atoms with Gasteiger partial charge in [-0.1, -0.05) is 6.07 Å². The number of aromatic nitrogens is 2. The van der Waals surface area contributed by atoms with Crippen LogP contribution in [0.25, 0.3) is 22.2 Å². The van der Waals surface area contributed by atoms with Crippen molar-refractivity contribution in [3.63, 3.8) is 0 Å². The molecular weight excluding hydrogens is 526 g/mol. The van der Waals surface area contributed by atoms with Crippen molar-refractivity contribution in [2.75, 3.05) is 6.54 Å². The lowest BCUT2D eigenvalue weighted by molar-refractivity contribution is -0.141. The molecule has 0 saturated carbocycles. The van der Waals surface area contributed by atoms with Crippen LogP contribution >= 0.6 is 0 Å². The molecule has 1 aliphatic heterocycles. The predicted molar refractivity (Wildman–Crippen MR) is 129 cm³/mol. The highest BCUT2D eigenvalue weighted by Crippen LogP contribution is 2.32. The van der Waals surface area contributed by atoms with E-state index < -0.39 is 33.8 Å². The normalized spacial score (nSPS) is 16.8. The fourth-order valence-electron chi connectivity index (χ4n) is 4.49. The molecule has 1 aliphatic rings. The van der Waals surface area contributed by atoms with Gasteiger partial charge in [-0.05, 0) is 61.7 Å². The van der Waals surface area contributed by atoms with Crippen molar-refractivity contribution in [3.05, 3.63) is 78.0 Å². The first kappa shape index (κ1) is 26.0. The van der Waals surface area contributed by atoms with Crippen LogP contribution in [0.4, 0.5) is 17.6 Å². The fourth-order valence-corrected chi connectivity index (χ4v) is 6.12. The maximum absolute atomic E-state index is 13.5. The summed E-state index contributed by atoms with van der Waals surface area (Å²) < 4.78 is 85.0. The first-order chi connectivity index (χ1) is 18.0. The molecule has 0 radical (unpaired) electrons. The summed E-state index contributed by atoms with van der Waals surface area (Å²) in [4.78, 5) is 21.0. The maximum atomic E-state index is 13.5. The molecule has 198 valence electrons. The summed E-state index contributed by atoms with van der Waals surface area (Å²) in [6, 6.07) is 11.2. The molecule has 38 heavy (non-hydrogen) atoms. The minimum atomic E-state index is -4.54. The summed E-state index contributed by atoms with van der Waals surface area (Å²) in [7, 11) is -4.13. The largest absolute Gasteiger partial charge is 0.443 e. The quantitative estimate of drug-likeness (QED) is 0.288. The van der Waals surface area contributed by atoms with E-state index in [1.165, 1.54) is 30.3 Å². The van der Waals surface area contributed by atoms with Crippen molar-refractivity contribution in [2.24, 2.45) is 0 Å². The monoisotopic (exact) mass is 547 g/mol. The molecule has 1 saturated heterocycles. The SMILES string of the molecule is O=C(CCc1cccc(-c2ccc(C(F)(F)F)nc2)n1)C1CCCN1S(=O)(=O)c1cc2cc(F)ccc2o1. The number of benzene rings is 1. The standard InChI is InChI=1S/C26H21F4N3O4S/c27-18-7-10-23-17(13-18)14-25(37-23)38(35,36)33-12-2-5-21(33)22(34)9-8-19-3-1-4-20(32-19)16-6-11-24(31-15-16)26(28,29)30/h1,3-4,6-7,10-11,13-15,21H,2,5,8-9,12H2. The van der Waals surface area contributed by atoms with Crippen molar-refractivity contribution in [1.29, 1.82) is 0 Å². The molecule has 12 heteroatoms. The molecule has 0 bridgehead atoms. The first-order valence-corrected chi connectivity index (χ1v) is 13.2. The Bertz CT molecular complexity index is 1600. The lowest BCUT2D eigenvalue weighted by Gasteiger charge is -2.21. The number of fused-ring (bicyclic) bond motifs is 1. The zero-order valence-corrected chi connectivity index (χ0v) is 20.6. The second-order valence-corrected chi connectivity index (χ2v) is 10.8. The summed E-state index contributed by atoms with van der Waals surface area (Å²) in [6.45, 7) is 0.152. The first-order valence-electron chi connectivity index (χ1n) is 11.8. The lowest BCUT2D eigenvalue weighted by atomic mass is 10.0. The molecular formula is C26H21F4N3O4S. The van der Waals surface area contributed by atoms with Crippen LogP contribution in [0.15, 0.2) is 70.3 Å². The maximum Gasteiger partial charge on any atom is 0.433 e. The molecule has 1 aromatic carbocycles. The number of aryl methyl sites for hydroxylation is 1. The fraction of sp³-hybridized carbons (Fsp3) is 0.269. The average Bonchev–Trinajstić information content (AvgIpc) is 3.55. The number of alkyl halides is 3.